The minimum absolute atomic E-state index is 0.0781. The lowest BCUT2D eigenvalue weighted by Crippen LogP contribution is -2.27. The van der Waals surface area contributed by atoms with Crippen LogP contribution < -0.4 is 0 Å². The number of cyclic esters (lactones) is 1. The van der Waals surface area contributed by atoms with Crippen molar-refractivity contribution in [2.75, 3.05) is 20.6 Å². The lowest BCUT2D eigenvalue weighted by molar-refractivity contribution is -0.149. The first kappa shape index (κ1) is 20.6. The molecule has 146 valence electrons. The Bertz CT molecular complexity index is 542. The summed E-state index contributed by atoms with van der Waals surface area (Å²) in [6.45, 7) is 2.13. The molecule has 1 fully saturated rings. The van der Waals surface area contributed by atoms with E-state index in [1.807, 2.05) is 21.0 Å². The van der Waals surface area contributed by atoms with Crippen LogP contribution in [0.1, 0.15) is 39.0 Å². The number of carbonyl (C=O) groups excluding carboxylic acids is 2. The third-order valence-electron chi connectivity index (χ3n) is 4.91. The molecule has 1 heterocycles. The molecule has 6 nitrogen and oxygen atoms in total. The Kier molecular flexibility index (Phi) is 7.85. The molecular formula is C20H31NO5. The smallest absolute Gasteiger partial charge is 0.330 e. The number of hydrogen-bond acceptors (Lipinski definition) is 6. The Balaban J connectivity index is 2.05. The Hall–Kier alpha value is -1.66. The fourth-order valence-electron chi connectivity index (χ4n) is 3.66. The molecule has 1 aliphatic heterocycles. The van der Waals surface area contributed by atoms with Crippen molar-refractivity contribution in [2.24, 2.45) is 11.8 Å². The van der Waals surface area contributed by atoms with Crippen molar-refractivity contribution in [1.29, 1.82) is 0 Å². The topological polar surface area (TPSA) is 76.1 Å². The SMILES string of the molecule is C[C@H]1CCC/C=C\[C@@H]2C[C@H](OC(=O)CN(C)C)C[C@H]2[C@@H](O)/C=C/C(=O)O1. The van der Waals surface area contributed by atoms with E-state index in [-0.39, 0.29) is 36.6 Å². The first-order valence-corrected chi connectivity index (χ1v) is 9.43. The van der Waals surface area contributed by atoms with Gasteiger partial charge < -0.3 is 14.6 Å². The van der Waals surface area contributed by atoms with Crippen LogP contribution in [0.15, 0.2) is 24.3 Å². The molecule has 0 aromatic rings. The van der Waals surface area contributed by atoms with Gasteiger partial charge in [-0.05, 0) is 71.0 Å². The summed E-state index contributed by atoms with van der Waals surface area (Å²) in [4.78, 5) is 25.5. The fraction of sp³-hybridized carbons (Fsp3) is 0.700. The predicted molar refractivity (Wildman–Crippen MR) is 98.3 cm³/mol. The number of hydrogen-bond donors (Lipinski definition) is 1. The van der Waals surface area contributed by atoms with Crippen LogP contribution in [0.4, 0.5) is 0 Å². The second-order valence-corrected chi connectivity index (χ2v) is 7.61. The molecule has 2 aliphatic rings. The molecule has 1 N–H and O–H groups in total. The van der Waals surface area contributed by atoms with Crippen molar-refractivity contribution in [3.63, 3.8) is 0 Å². The van der Waals surface area contributed by atoms with Crippen molar-refractivity contribution in [2.45, 2.75) is 57.3 Å². The van der Waals surface area contributed by atoms with Crippen LogP contribution in [-0.4, -0.2) is 60.9 Å². The maximum atomic E-state index is 11.9. The number of aliphatic hydroxyl groups excluding tert-OH is 1. The summed E-state index contributed by atoms with van der Waals surface area (Å²) in [5.41, 5.74) is 0. The largest absolute Gasteiger partial charge is 0.461 e. The van der Waals surface area contributed by atoms with E-state index in [1.54, 1.807) is 4.90 Å². The zero-order valence-electron chi connectivity index (χ0n) is 16.0. The average Bonchev–Trinajstić information content (AvgIpc) is 2.93. The van der Waals surface area contributed by atoms with Crippen LogP contribution in [0.25, 0.3) is 0 Å². The van der Waals surface area contributed by atoms with Crippen molar-refractivity contribution >= 4 is 11.9 Å². The van der Waals surface area contributed by atoms with Crippen LogP contribution in [0, 0.1) is 11.8 Å². The third-order valence-corrected chi connectivity index (χ3v) is 4.91. The summed E-state index contributed by atoms with van der Waals surface area (Å²) in [5, 5.41) is 10.5. The molecule has 0 aromatic heterocycles. The molecule has 5 atom stereocenters. The fourth-order valence-corrected chi connectivity index (χ4v) is 3.66. The average molecular weight is 365 g/mol. The summed E-state index contributed by atoms with van der Waals surface area (Å²) >= 11 is 0. The minimum atomic E-state index is -0.772. The first-order valence-electron chi connectivity index (χ1n) is 9.43. The van der Waals surface area contributed by atoms with Crippen LogP contribution >= 0.6 is 0 Å². The van der Waals surface area contributed by atoms with Gasteiger partial charge in [0.05, 0.1) is 18.8 Å². The van der Waals surface area contributed by atoms with Gasteiger partial charge in [-0.2, -0.15) is 0 Å². The molecule has 0 amide bonds. The van der Waals surface area contributed by atoms with Crippen molar-refractivity contribution in [3.8, 4) is 0 Å². The lowest BCUT2D eigenvalue weighted by atomic mass is 9.90. The number of carbonyl (C=O) groups is 2. The zero-order chi connectivity index (χ0) is 19.1. The van der Waals surface area contributed by atoms with Crippen molar-refractivity contribution in [3.05, 3.63) is 24.3 Å². The molecule has 0 radical (unpaired) electrons. The van der Waals surface area contributed by atoms with E-state index >= 15 is 0 Å². The first-order chi connectivity index (χ1) is 12.3. The van der Waals surface area contributed by atoms with Crippen LogP contribution in [0.2, 0.25) is 0 Å². The minimum Gasteiger partial charge on any atom is -0.461 e. The summed E-state index contributed by atoms with van der Waals surface area (Å²) in [5.74, 6) is -0.626. The highest BCUT2D eigenvalue weighted by atomic mass is 16.5. The van der Waals surface area contributed by atoms with E-state index in [9.17, 15) is 14.7 Å². The number of aliphatic hydroxyl groups is 1. The maximum absolute atomic E-state index is 11.9. The van der Waals surface area contributed by atoms with Gasteiger partial charge in [0.2, 0.25) is 0 Å². The van der Waals surface area contributed by atoms with E-state index in [4.69, 9.17) is 9.47 Å². The highest BCUT2D eigenvalue weighted by Crippen LogP contribution is 2.38. The monoisotopic (exact) mass is 365 g/mol. The number of nitrogens with zero attached hydrogens (tertiary/aromatic N) is 1. The number of likely N-dealkylation sites (N-methyl/N-ethyl adjacent to an activating group) is 1. The van der Waals surface area contributed by atoms with Gasteiger partial charge in [-0.15, -0.1) is 0 Å². The number of esters is 2. The molecule has 2 rings (SSSR count). The Morgan fingerprint density at radius 1 is 1.35 bits per heavy atom. The summed E-state index contributed by atoms with van der Waals surface area (Å²) < 4.78 is 10.9. The highest BCUT2D eigenvalue weighted by Gasteiger charge is 2.38. The molecule has 0 spiro atoms. The molecule has 6 heteroatoms. The molecule has 0 bridgehead atoms. The molecule has 0 saturated heterocycles. The van der Waals surface area contributed by atoms with E-state index < -0.39 is 12.1 Å². The molecule has 26 heavy (non-hydrogen) atoms. The molecule has 0 unspecified atom stereocenters. The second kappa shape index (κ2) is 9.88. The quantitative estimate of drug-likeness (QED) is 0.610. The van der Waals surface area contributed by atoms with Crippen molar-refractivity contribution < 1.29 is 24.2 Å². The van der Waals surface area contributed by atoms with Gasteiger partial charge in [0.25, 0.3) is 0 Å². The molecule has 0 aromatic carbocycles. The molecule has 1 saturated carbocycles. The van der Waals surface area contributed by atoms with Gasteiger partial charge in [-0.3, -0.25) is 9.69 Å². The Morgan fingerprint density at radius 3 is 2.85 bits per heavy atom. The van der Waals surface area contributed by atoms with Crippen LogP contribution in [0.5, 0.6) is 0 Å². The lowest BCUT2D eigenvalue weighted by Gasteiger charge is -2.19. The van der Waals surface area contributed by atoms with Gasteiger partial charge in [0.1, 0.15) is 6.10 Å². The number of fused-ring (bicyclic) bond motifs is 1. The normalized spacial score (nSPS) is 35.4. The summed E-state index contributed by atoms with van der Waals surface area (Å²) in [6.07, 6.45) is 9.91. The van der Waals surface area contributed by atoms with Gasteiger partial charge in [0, 0.05) is 6.08 Å². The molecular weight excluding hydrogens is 334 g/mol. The Labute approximate surface area is 155 Å². The van der Waals surface area contributed by atoms with E-state index in [0.717, 1.165) is 19.3 Å². The van der Waals surface area contributed by atoms with Gasteiger partial charge in [0.15, 0.2) is 0 Å². The summed E-state index contributed by atoms with van der Waals surface area (Å²) in [6, 6.07) is 0. The predicted octanol–water partition coefficient (Wildman–Crippen LogP) is 2.07. The van der Waals surface area contributed by atoms with Gasteiger partial charge >= 0.3 is 11.9 Å². The van der Waals surface area contributed by atoms with E-state index in [2.05, 4.69) is 12.2 Å². The van der Waals surface area contributed by atoms with E-state index in [0.29, 0.717) is 12.8 Å². The van der Waals surface area contributed by atoms with Gasteiger partial charge in [-0.1, -0.05) is 12.2 Å². The van der Waals surface area contributed by atoms with Crippen LogP contribution in [-0.2, 0) is 19.1 Å². The standard InChI is InChI=1S/C20H31NO5/c1-14-7-5-4-6-8-15-11-16(26-20(24)13-21(2)3)12-17(15)18(22)9-10-19(23)25-14/h6,8-10,14-18,22H,4-5,7,11-13H2,1-3H3/b8-6-,10-9+/t14-,15+,16-,17+,18-/m0/s1. The number of ether oxygens (including phenoxy) is 2. The highest BCUT2D eigenvalue weighted by molar-refractivity contribution is 5.82. The zero-order valence-corrected chi connectivity index (χ0v) is 16.0. The van der Waals surface area contributed by atoms with Gasteiger partial charge in [-0.25, -0.2) is 4.79 Å². The second-order valence-electron chi connectivity index (χ2n) is 7.61. The van der Waals surface area contributed by atoms with Crippen molar-refractivity contribution in [1.82, 2.24) is 4.90 Å². The Morgan fingerprint density at radius 2 is 2.12 bits per heavy atom. The maximum Gasteiger partial charge on any atom is 0.330 e. The molecule has 1 aliphatic carbocycles. The van der Waals surface area contributed by atoms with E-state index in [1.165, 1.54) is 12.2 Å². The third kappa shape index (κ3) is 6.57. The summed E-state index contributed by atoms with van der Waals surface area (Å²) in [7, 11) is 3.64. The number of rotatable bonds is 3. The number of allylic oxidation sites excluding steroid dienone is 2. The van der Waals surface area contributed by atoms with Crippen LogP contribution in [0.3, 0.4) is 0 Å².